The van der Waals surface area contributed by atoms with Crippen molar-refractivity contribution in [3.8, 4) is 0 Å². The highest BCUT2D eigenvalue weighted by Crippen LogP contribution is 2.42. The summed E-state index contributed by atoms with van der Waals surface area (Å²) in [5.41, 5.74) is 7.59. The van der Waals surface area contributed by atoms with Crippen molar-refractivity contribution in [1.29, 1.82) is 0 Å². The lowest BCUT2D eigenvalue weighted by atomic mass is 9.93. The van der Waals surface area contributed by atoms with Crippen LogP contribution >= 0.6 is 0 Å². The molecule has 2 fully saturated rings. The minimum atomic E-state index is -0.131. The molecular formula is C32H30O3. The lowest BCUT2D eigenvalue weighted by Crippen LogP contribution is -2.21. The van der Waals surface area contributed by atoms with E-state index < -0.39 is 0 Å². The molecule has 0 aromatic heterocycles. The lowest BCUT2D eigenvalue weighted by molar-refractivity contribution is -0.0425. The van der Waals surface area contributed by atoms with E-state index in [0.717, 1.165) is 26.1 Å². The van der Waals surface area contributed by atoms with Crippen LogP contribution in [0.5, 0.6) is 0 Å². The van der Waals surface area contributed by atoms with E-state index in [4.69, 9.17) is 14.2 Å². The largest absolute Gasteiger partial charge is 0.370 e. The maximum absolute atomic E-state index is 6.98. The van der Waals surface area contributed by atoms with E-state index in [-0.39, 0.29) is 24.4 Å². The molecule has 4 aromatic carbocycles. The third kappa shape index (κ3) is 5.38. The van der Waals surface area contributed by atoms with Crippen molar-refractivity contribution >= 4 is 0 Å². The van der Waals surface area contributed by atoms with Crippen LogP contribution in [0.15, 0.2) is 109 Å². The van der Waals surface area contributed by atoms with Crippen LogP contribution in [-0.4, -0.2) is 25.4 Å². The fraction of sp³-hybridized carbons (Fsp3) is 0.250. The third-order valence-corrected chi connectivity index (χ3v) is 6.88. The molecule has 0 saturated carbocycles. The molecule has 0 radical (unpaired) electrons. The second-order valence-electron chi connectivity index (χ2n) is 9.44. The summed E-state index contributed by atoms with van der Waals surface area (Å²) in [7, 11) is 0. The van der Waals surface area contributed by atoms with Gasteiger partial charge in [0.25, 0.3) is 0 Å². The Morgan fingerprint density at radius 2 is 0.914 bits per heavy atom. The van der Waals surface area contributed by atoms with E-state index in [1.54, 1.807) is 0 Å². The zero-order chi connectivity index (χ0) is 23.5. The van der Waals surface area contributed by atoms with Crippen LogP contribution in [0.3, 0.4) is 0 Å². The summed E-state index contributed by atoms with van der Waals surface area (Å²) in [6.07, 6.45) is 1.64. The molecule has 0 spiro atoms. The Kier molecular flexibility index (Phi) is 6.46. The highest BCUT2D eigenvalue weighted by atomic mass is 16.6. The second kappa shape index (κ2) is 10.2. The van der Waals surface area contributed by atoms with Crippen molar-refractivity contribution in [2.45, 2.75) is 37.3 Å². The highest BCUT2D eigenvalue weighted by Gasteiger charge is 2.43. The fourth-order valence-corrected chi connectivity index (χ4v) is 4.92. The first-order valence-corrected chi connectivity index (χ1v) is 12.5. The van der Waals surface area contributed by atoms with Gasteiger partial charge in [0.2, 0.25) is 0 Å². The predicted molar refractivity (Wildman–Crippen MR) is 137 cm³/mol. The molecule has 0 amide bonds. The average Bonchev–Trinajstić information content (AvgIpc) is 3.82. The average molecular weight is 463 g/mol. The first-order valence-electron chi connectivity index (χ1n) is 12.5. The van der Waals surface area contributed by atoms with E-state index in [9.17, 15) is 0 Å². The number of hydrogen-bond acceptors (Lipinski definition) is 3. The minimum absolute atomic E-state index is 0.0782. The Hall–Kier alpha value is -3.24. The summed E-state index contributed by atoms with van der Waals surface area (Å²) < 4.78 is 18.6. The van der Waals surface area contributed by atoms with E-state index in [0.29, 0.717) is 0 Å². The van der Waals surface area contributed by atoms with Crippen molar-refractivity contribution in [3.63, 3.8) is 0 Å². The van der Waals surface area contributed by atoms with Gasteiger partial charge in [-0.15, -0.1) is 0 Å². The second-order valence-corrected chi connectivity index (χ2v) is 9.44. The van der Waals surface area contributed by atoms with Gasteiger partial charge in [-0.3, -0.25) is 0 Å². The summed E-state index contributed by atoms with van der Waals surface area (Å²) in [6, 6.07) is 38.5. The van der Waals surface area contributed by atoms with Crippen LogP contribution in [0.4, 0.5) is 0 Å². The smallest absolute Gasteiger partial charge is 0.112 e. The molecule has 3 nitrogen and oxygen atoms in total. The Labute approximate surface area is 207 Å². The summed E-state index contributed by atoms with van der Waals surface area (Å²) in [5, 5.41) is 0. The first-order chi connectivity index (χ1) is 17.3. The molecule has 176 valence electrons. The molecule has 2 heterocycles. The summed E-state index contributed by atoms with van der Waals surface area (Å²) in [4.78, 5) is 0. The maximum Gasteiger partial charge on any atom is 0.112 e. The number of hydrogen-bond donors (Lipinski definition) is 0. The fourth-order valence-electron chi connectivity index (χ4n) is 4.92. The summed E-state index contributed by atoms with van der Waals surface area (Å²) in [5.74, 6) is 0. The Morgan fingerprint density at radius 3 is 1.31 bits per heavy atom. The molecule has 4 unspecified atom stereocenters. The molecule has 4 atom stereocenters. The highest BCUT2D eigenvalue weighted by molar-refractivity contribution is 5.38. The molecule has 3 heteroatoms. The topological polar surface area (TPSA) is 34.3 Å². The van der Waals surface area contributed by atoms with E-state index >= 15 is 0 Å². The van der Waals surface area contributed by atoms with Gasteiger partial charge >= 0.3 is 0 Å². The van der Waals surface area contributed by atoms with Crippen LogP contribution in [0.1, 0.15) is 45.6 Å². The molecule has 35 heavy (non-hydrogen) atoms. The molecule has 6 rings (SSSR count). The molecule has 2 aliphatic heterocycles. The normalized spacial score (nSPS) is 20.2. The number of rotatable bonds is 10. The number of benzene rings is 4. The van der Waals surface area contributed by atoms with Crippen LogP contribution in [0, 0.1) is 0 Å². The molecule has 0 bridgehead atoms. The van der Waals surface area contributed by atoms with Crippen LogP contribution in [-0.2, 0) is 27.1 Å². The van der Waals surface area contributed by atoms with Crippen LogP contribution in [0.25, 0.3) is 0 Å². The lowest BCUT2D eigenvalue weighted by Gasteiger charge is -2.27. The van der Waals surface area contributed by atoms with E-state index in [1.807, 2.05) is 0 Å². The van der Waals surface area contributed by atoms with Crippen molar-refractivity contribution in [2.75, 3.05) is 13.2 Å². The minimum Gasteiger partial charge on any atom is -0.370 e. The van der Waals surface area contributed by atoms with Crippen molar-refractivity contribution < 1.29 is 14.2 Å². The Bertz CT molecular complexity index is 1150. The Morgan fingerprint density at radius 1 is 0.543 bits per heavy atom. The third-order valence-electron chi connectivity index (χ3n) is 6.88. The molecule has 0 N–H and O–H groups in total. The zero-order valence-electron chi connectivity index (χ0n) is 19.8. The van der Waals surface area contributed by atoms with Crippen molar-refractivity contribution in [1.82, 2.24) is 0 Å². The van der Waals surface area contributed by atoms with Crippen LogP contribution < -0.4 is 0 Å². The first kappa shape index (κ1) is 22.2. The summed E-state index contributed by atoms with van der Waals surface area (Å²) in [6.45, 7) is 1.46. The van der Waals surface area contributed by atoms with Gasteiger partial charge in [0.05, 0.1) is 13.2 Å². The predicted octanol–water partition coefficient (Wildman–Crippen LogP) is 6.46. The van der Waals surface area contributed by atoms with Gasteiger partial charge in [-0.05, 0) is 46.2 Å². The standard InChI is InChI=1S/C32H30O3/c1-3-11-23(12-4-1)19-25-15-7-9-17-27(25)31(29-21-33-29)35-32(30-22-34-30)28-18-10-8-16-26(28)20-24-13-5-2-6-14-24/h1-18,29-32H,19-22H2. The number of epoxide rings is 2. The monoisotopic (exact) mass is 462 g/mol. The van der Waals surface area contributed by atoms with Crippen molar-refractivity contribution in [3.05, 3.63) is 143 Å². The van der Waals surface area contributed by atoms with Gasteiger partial charge in [-0.2, -0.15) is 0 Å². The molecular weight excluding hydrogens is 432 g/mol. The van der Waals surface area contributed by atoms with Crippen LogP contribution in [0.2, 0.25) is 0 Å². The quantitative estimate of drug-likeness (QED) is 0.254. The van der Waals surface area contributed by atoms with E-state index in [1.165, 1.54) is 33.4 Å². The summed E-state index contributed by atoms with van der Waals surface area (Å²) >= 11 is 0. The molecule has 2 saturated heterocycles. The maximum atomic E-state index is 6.98. The van der Waals surface area contributed by atoms with E-state index in [2.05, 4.69) is 109 Å². The van der Waals surface area contributed by atoms with Gasteiger partial charge < -0.3 is 14.2 Å². The van der Waals surface area contributed by atoms with Gasteiger partial charge in [-0.1, -0.05) is 109 Å². The zero-order valence-corrected chi connectivity index (χ0v) is 19.8. The molecule has 0 aliphatic carbocycles. The van der Waals surface area contributed by atoms with Gasteiger partial charge in [0.15, 0.2) is 0 Å². The Balaban J connectivity index is 1.31. The molecule has 4 aromatic rings. The van der Waals surface area contributed by atoms with Gasteiger partial charge in [0, 0.05) is 0 Å². The van der Waals surface area contributed by atoms with Crippen molar-refractivity contribution in [2.24, 2.45) is 0 Å². The molecule has 2 aliphatic rings. The number of ether oxygens (including phenoxy) is 3. The van der Waals surface area contributed by atoms with Gasteiger partial charge in [-0.25, -0.2) is 0 Å². The SMILES string of the molecule is c1ccc(Cc2ccccc2C(OC(c2ccccc2Cc2ccccc2)C2CO2)C2CO2)cc1. The van der Waals surface area contributed by atoms with Gasteiger partial charge in [0.1, 0.15) is 24.4 Å².